The molecule has 1 aliphatic carbocycles. The molecule has 28 heavy (non-hydrogen) atoms. The number of nitrogens with one attached hydrogen (secondary N) is 3. The minimum absolute atomic E-state index is 0.0197. The highest BCUT2D eigenvalue weighted by Gasteiger charge is 2.33. The summed E-state index contributed by atoms with van der Waals surface area (Å²) in [5, 5.41) is 13.2. The first-order valence-corrected chi connectivity index (χ1v) is 10.7. The number of carbonyl (C=O) groups is 2. The molecule has 1 atom stereocenters. The standard InChI is InChI=1S/C21H35N5O2/c1-21(2,3)18-11-16(24-25-18)13-23-19(27)12-17-20(28)22-9-10-26(17)14-15-7-5-4-6-8-15/h11,15,17H,4-10,12-14H2,1-3H3,(H,22,28)(H,23,27)(H,24,25)/t17-/m1/s1. The summed E-state index contributed by atoms with van der Waals surface area (Å²) in [6.07, 6.45) is 6.60. The van der Waals surface area contributed by atoms with Crippen molar-refractivity contribution < 1.29 is 9.59 Å². The Morgan fingerprint density at radius 3 is 2.71 bits per heavy atom. The molecule has 1 saturated carbocycles. The Kier molecular flexibility index (Phi) is 6.75. The number of hydrogen-bond donors (Lipinski definition) is 3. The van der Waals surface area contributed by atoms with Gasteiger partial charge in [0.15, 0.2) is 0 Å². The monoisotopic (exact) mass is 389 g/mol. The van der Waals surface area contributed by atoms with Crippen molar-refractivity contribution in [1.82, 2.24) is 25.7 Å². The summed E-state index contributed by atoms with van der Waals surface area (Å²) >= 11 is 0. The molecule has 1 aliphatic heterocycles. The van der Waals surface area contributed by atoms with Gasteiger partial charge in [0.25, 0.3) is 0 Å². The highest BCUT2D eigenvalue weighted by molar-refractivity contribution is 5.88. The Hall–Kier alpha value is -1.89. The molecule has 1 saturated heterocycles. The molecule has 0 unspecified atom stereocenters. The lowest BCUT2D eigenvalue weighted by molar-refractivity contribution is -0.134. The predicted molar refractivity (Wildman–Crippen MR) is 109 cm³/mol. The van der Waals surface area contributed by atoms with E-state index < -0.39 is 0 Å². The Bertz CT molecular complexity index is 673. The number of carbonyl (C=O) groups excluding carboxylic acids is 2. The van der Waals surface area contributed by atoms with Crippen LogP contribution in [0.5, 0.6) is 0 Å². The zero-order valence-electron chi connectivity index (χ0n) is 17.5. The van der Waals surface area contributed by atoms with Crippen LogP contribution in [0.3, 0.4) is 0 Å². The quantitative estimate of drug-likeness (QED) is 0.695. The van der Waals surface area contributed by atoms with Crippen LogP contribution in [-0.2, 0) is 21.5 Å². The smallest absolute Gasteiger partial charge is 0.237 e. The molecule has 0 aromatic carbocycles. The van der Waals surface area contributed by atoms with Crippen molar-refractivity contribution in [3.8, 4) is 0 Å². The molecule has 2 fully saturated rings. The molecule has 3 rings (SSSR count). The third kappa shape index (κ3) is 5.56. The SMILES string of the molecule is CC(C)(C)c1cc(CNC(=O)C[C@@H]2C(=O)NCCN2CC2CCCCC2)[nH]n1. The van der Waals surface area contributed by atoms with Gasteiger partial charge in [-0.1, -0.05) is 40.0 Å². The first-order chi connectivity index (χ1) is 13.3. The van der Waals surface area contributed by atoms with Gasteiger partial charge < -0.3 is 10.6 Å². The van der Waals surface area contributed by atoms with Gasteiger partial charge in [-0.25, -0.2) is 0 Å². The predicted octanol–water partition coefficient (Wildman–Crippen LogP) is 2.09. The van der Waals surface area contributed by atoms with Crippen LogP contribution in [0.1, 0.15) is 70.7 Å². The van der Waals surface area contributed by atoms with Gasteiger partial charge in [0, 0.05) is 25.0 Å². The van der Waals surface area contributed by atoms with Gasteiger partial charge in [0.1, 0.15) is 0 Å². The van der Waals surface area contributed by atoms with Crippen LogP contribution in [0.4, 0.5) is 0 Å². The molecule has 1 aromatic heterocycles. The zero-order valence-corrected chi connectivity index (χ0v) is 17.5. The molecule has 7 heteroatoms. The Balaban J connectivity index is 1.52. The topological polar surface area (TPSA) is 90.1 Å². The number of aromatic nitrogens is 2. The third-order valence-electron chi connectivity index (χ3n) is 5.91. The number of hydrogen-bond acceptors (Lipinski definition) is 4. The molecular weight excluding hydrogens is 354 g/mol. The van der Waals surface area contributed by atoms with Crippen molar-refractivity contribution >= 4 is 11.8 Å². The largest absolute Gasteiger partial charge is 0.353 e. The maximum Gasteiger partial charge on any atom is 0.237 e. The van der Waals surface area contributed by atoms with E-state index in [1.807, 2.05) is 6.07 Å². The van der Waals surface area contributed by atoms with E-state index in [0.717, 1.165) is 24.5 Å². The number of piperazine rings is 1. The van der Waals surface area contributed by atoms with Gasteiger partial charge in [-0.3, -0.25) is 19.6 Å². The minimum Gasteiger partial charge on any atom is -0.353 e. The Morgan fingerprint density at radius 2 is 2.04 bits per heavy atom. The lowest BCUT2D eigenvalue weighted by Gasteiger charge is -2.37. The van der Waals surface area contributed by atoms with Crippen LogP contribution in [0, 0.1) is 5.92 Å². The summed E-state index contributed by atoms with van der Waals surface area (Å²) < 4.78 is 0. The summed E-state index contributed by atoms with van der Waals surface area (Å²) in [7, 11) is 0. The molecule has 0 radical (unpaired) electrons. The van der Waals surface area contributed by atoms with Crippen LogP contribution in [-0.4, -0.2) is 52.6 Å². The van der Waals surface area contributed by atoms with E-state index in [-0.39, 0.29) is 29.7 Å². The second-order valence-electron chi connectivity index (χ2n) is 9.32. The van der Waals surface area contributed by atoms with Gasteiger partial charge >= 0.3 is 0 Å². The minimum atomic E-state index is -0.359. The van der Waals surface area contributed by atoms with Gasteiger partial charge in [-0.05, 0) is 24.8 Å². The number of amides is 2. The molecule has 3 N–H and O–H groups in total. The molecule has 156 valence electrons. The van der Waals surface area contributed by atoms with Crippen molar-refractivity contribution in [1.29, 1.82) is 0 Å². The summed E-state index contributed by atoms with van der Waals surface area (Å²) in [5.41, 5.74) is 1.82. The second-order valence-corrected chi connectivity index (χ2v) is 9.32. The van der Waals surface area contributed by atoms with Crippen LogP contribution in [0.25, 0.3) is 0 Å². The van der Waals surface area contributed by atoms with Gasteiger partial charge in [0.05, 0.1) is 30.4 Å². The number of aromatic amines is 1. The lowest BCUT2D eigenvalue weighted by Crippen LogP contribution is -2.57. The average Bonchev–Trinajstić information content (AvgIpc) is 3.13. The Morgan fingerprint density at radius 1 is 1.29 bits per heavy atom. The molecule has 7 nitrogen and oxygen atoms in total. The van der Waals surface area contributed by atoms with E-state index in [9.17, 15) is 9.59 Å². The molecule has 2 heterocycles. The molecule has 2 amide bonds. The van der Waals surface area contributed by atoms with Crippen molar-refractivity contribution in [2.45, 2.75) is 77.3 Å². The van der Waals surface area contributed by atoms with E-state index in [1.54, 1.807) is 0 Å². The molecule has 1 aromatic rings. The Labute approximate surface area is 168 Å². The summed E-state index contributed by atoms with van der Waals surface area (Å²) in [6.45, 7) is 9.15. The number of H-pyrrole nitrogens is 1. The second kappa shape index (κ2) is 9.07. The van der Waals surface area contributed by atoms with Crippen LogP contribution >= 0.6 is 0 Å². The van der Waals surface area contributed by atoms with Crippen molar-refractivity contribution in [2.24, 2.45) is 5.92 Å². The van der Waals surface area contributed by atoms with E-state index in [0.29, 0.717) is 19.0 Å². The van der Waals surface area contributed by atoms with Gasteiger partial charge in [-0.2, -0.15) is 5.10 Å². The van der Waals surface area contributed by atoms with Crippen LogP contribution in [0.2, 0.25) is 0 Å². The number of rotatable bonds is 6. The fourth-order valence-electron chi connectivity index (χ4n) is 4.18. The highest BCUT2D eigenvalue weighted by Crippen LogP contribution is 2.26. The van der Waals surface area contributed by atoms with Crippen molar-refractivity contribution in [2.75, 3.05) is 19.6 Å². The fraction of sp³-hybridized carbons (Fsp3) is 0.762. The summed E-state index contributed by atoms with van der Waals surface area (Å²) in [5.74, 6) is 0.544. The van der Waals surface area contributed by atoms with E-state index in [1.165, 1.54) is 32.1 Å². The van der Waals surface area contributed by atoms with E-state index in [4.69, 9.17) is 0 Å². The molecule has 0 spiro atoms. The highest BCUT2D eigenvalue weighted by atomic mass is 16.2. The van der Waals surface area contributed by atoms with E-state index in [2.05, 4.69) is 46.5 Å². The van der Waals surface area contributed by atoms with Crippen molar-refractivity contribution in [3.63, 3.8) is 0 Å². The molecule has 2 aliphatic rings. The van der Waals surface area contributed by atoms with E-state index >= 15 is 0 Å². The molecular formula is C21H35N5O2. The van der Waals surface area contributed by atoms with Crippen LogP contribution < -0.4 is 10.6 Å². The maximum atomic E-state index is 12.5. The van der Waals surface area contributed by atoms with Crippen LogP contribution in [0.15, 0.2) is 6.07 Å². The zero-order chi connectivity index (χ0) is 20.1. The summed E-state index contributed by atoms with van der Waals surface area (Å²) in [6, 6.07) is 1.63. The first kappa shape index (κ1) is 20.8. The lowest BCUT2D eigenvalue weighted by atomic mass is 9.88. The number of nitrogens with zero attached hydrogens (tertiary/aromatic N) is 2. The third-order valence-corrected chi connectivity index (χ3v) is 5.91. The molecule has 0 bridgehead atoms. The van der Waals surface area contributed by atoms with Gasteiger partial charge in [-0.15, -0.1) is 0 Å². The normalized spacial score (nSPS) is 22.1. The fourth-order valence-corrected chi connectivity index (χ4v) is 4.18. The summed E-state index contributed by atoms with van der Waals surface area (Å²) in [4.78, 5) is 27.2. The first-order valence-electron chi connectivity index (χ1n) is 10.7. The maximum absolute atomic E-state index is 12.5. The average molecular weight is 390 g/mol. The van der Waals surface area contributed by atoms with Crippen molar-refractivity contribution in [3.05, 3.63) is 17.5 Å². The van der Waals surface area contributed by atoms with Gasteiger partial charge in [0.2, 0.25) is 11.8 Å².